The number of benzene rings is 2. The third-order valence-corrected chi connectivity index (χ3v) is 3.56. The van der Waals surface area contributed by atoms with Crippen molar-refractivity contribution in [3.8, 4) is 17.2 Å². The molecule has 0 aliphatic carbocycles. The molecule has 0 aliphatic heterocycles. The summed E-state index contributed by atoms with van der Waals surface area (Å²) in [6.45, 7) is 0. The summed E-state index contributed by atoms with van der Waals surface area (Å²) in [5.41, 5.74) is 0. The Kier molecular flexibility index (Phi) is 4.07. The molecular weight excluding hydrogens is 348 g/mol. The molecule has 88 valence electrons. The van der Waals surface area contributed by atoms with Gasteiger partial charge in [0.1, 0.15) is 16.0 Å². The van der Waals surface area contributed by atoms with Gasteiger partial charge in [0.05, 0.1) is 11.6 Å². The van der Waals surface area contributed by atoms with Crippen LogP contribution in [0, 0.1) is 0 Å². The molecule has 0 unspecified atom stereocenters. The quantitative estimate of drug-likeness (QED) is 0.768. The van der Waals surface area contributed by atoms with E-state index in [1.165, 1.54) is 0 Å². The van der Waals surface area contributed by atoms with Crippen molar-refractivity contribution in [3.05, 3.63) is 51.4 Å². The summed E-state index contributed by atoms with van der Waals surface area (Å²) < 4.78 is 12.7. The predicted molar refractivity (Wildman–Crippen MR) is 74.9 cm³/mol. The highest BCUT2D eigenvalue weighted by atomic mass is 79.9. The lowest BCUT2D eigenvalue weighted by Crippen LogP contribution is -1.90. The van der Waals surface area contributed by atoms with E-state index in [1.807, 2.05) is 42.5 Å². The number of rotatable bonds is 3. The number of hydrogen-bond acceptors (Lipinski definition) is 2. The smallest absolute Gasteiger partial charge is 0.151 e. The van der Waals surface area contributed by atoms with Crippen molar-refractivity contribution in [1.82, 2.24) is 0 Å². The van der Waals surface area contributed by atoms with E-state index in [4.69, 9.17) is 9.47 Å². The standard InChI is InChI=1S/C13H10Br2O2/c1-16-13-10(14)7-8-11(12(13)15)17-9-5-3-2-4-6-9/h2-8H,1H3. The number of ether oxygens (including phenoxy) is 2. The van der Waals surface area contributed by atoms with Crippen LogP contribution in [0.4, 0.5) is 0 Å². The van der Waals surface area contributed by atoms with Crippen LogP contribution in [-0.2, 0) is 0 Å². The van der Waals surface area contributed by atoms with Gasteiger partial charge in [-0.1, -0.05) is 18.2 Å². The van der Waals surface area contributed by atoms with Gasteiger partial charge in [-0.25, -0.2) is 0 Å². The average Bonchev–Trinajstić information content (AvgIpc) is 2.35. The summed E-state index contributed by atoms with van der Waals surface area (Å²) in [6, 6.07) is 13.4. The van der Waals surface area contributed by atoms with E-state index in [0.29, 0.717) is 0 Å². The Morgan fingerprint density at radius 1 is 0.941 bits per heavy atom. The van der Waals surface area contributed by atoms with Gasteiger partial charge in [0.25, 0.3) is 0 Å². The normalized spacial score (nSPS) is 10.1. The molecule has 0 fully saturated rings. The third-order valence-electron chi connectivity index (χ3n) is 2.19. The summed E-state index contributed by atoms with van der Waals surface area (Å²) in [7, 11) is 1.62. The first-order chi connectivity index (χ1) is 8.22. The minimum absolute atomic E-state index is 0.719. The molecule has 0 atom stereocenters. The van der Waals surface area contributed by atoms with Gasteiger partial charge in [0.2, 0.25) is 0 Å². The lowest BCUT2D eigenvalue weighted by molar-refractivity contribution is 0.402. The first kappa shape index (κ1) is 12.5. The van der Waals surface area contributed by atoms with Gasteiger partial charge in [-0.2, -0.15) is 0 Å². The van der Waals surface area contributed by atoms with Crippen LogP contribution in [-0.4, -0.2) is 7.11 Å². The molecule has 0 aromatic heterocycles. The summed E-state index contributed by atoms with van der Waals surface area (Å²) in [5.74, 6) is 2.23. The Morgan fingerprint density at radius 3 is 2.29 bits per heavy atom. The Hall–Kier alpha value is -1.00. The van der Waals surface area contributed by atoms with Crippen LogP contribution in [0.15, 0.2) is 51.4 Å². The van der Waals surface area contributed by atoms with E-state index in [0.717, 1.165) is 26.2 Å². The maximum absolute atomic E-state index is 5.76. The molecule has 0 radical (unpaired) electrons. The van der Waals surface area contributed by atoms with Gasteiger partial charge in [0, 0.05) is 0 Å². The molecule has 0 heterocycles. The minimum atomic E-state index is 0.719. The summed E-state index contributed by atoms with van der Waals surface area (Å²) >= 11 is 6.89. The van der Waals surface area contributed by atoms with Crippen molar-refractivity contribution in [3.63, 3.8) is 0 Å². The van der Waals surface area contributed by atoms with Crippen molar-refractivity contribution in [2.75, 3.05) is 7.11 Å². The molecule has 0 spiro atoms. The molecule has 2 nitrogen and oxygen atoms in total. The first-order valence-corrected chi connectivity index (χ1v) is 6.56. The highest BCUT2D eigenvalue weighted by Crippen LogP contribution is 2.41. The van der Waals surface area contributed by atoms with E-state index in [9.17, 15) is 0 Å². The molecule has 2 aromatic rings. The monoisotopic (exact) mass is 356 g/mol. The second-order valence-corrected chi connectivity index (χ2v) is 4.96. The van der Waals surface area contributed by atoms with Crippen molar-refractivity contribution in [2.45, 2.75) is 0 Å². The molecule has 17 heavy (non-hydrogen) atoms. The van der Waals surface area contributed by atoms with Gasteiger partial charge in [-0.3, -0.25) is 0 Å². The van der Waals surface area contributed by atoms with Crippen molar-refractivity contribution in [2.24, 2.45) is 0 Å². The van der Waals surface area contributed by atoms with Crippen LogP contribution < -0.4 is 9.47 Å². The SMILES string of the molecule is COc1c(Br)ccc(Oc2ccccc2)c1Br. The molecule has 0 N–H and O–H groups in total. The van der Waals surface area contributed by atoms with Gasteiger partial charge < -0.3 is 9.47 Å². The molecule has 4 heteroatoms. The Labute approximate surface area is 117 Å². The molecule has 0 bridgehead atoms. The summed E-state index contributed by atoms with van der Waals surface area (Å²) in [4.78, 5) is 0. The second-order valence-electron chi connectivity index (χ2n) is 3.31. The Bertz CT molecular complexity index is 512. The molecule has 0 aliphatic rings. The lowest BCUT2D eigenvalue weighted by atomic mass is 10.3. The van der Waals surface area contributed by atoms with Gasteiger partial charge in [-0.15, -0.1) is 0 Å². The lowest BCUT2D eigenvalue weighted by Gasteiger charge is -2.11. The zero-order valence-corrected chi connectivity index (χ0v) is 12.3. The first-order valence-electron chi connectivity index (χ1n) is 4.97. The maximum atomic E-state index is 5.76. The van der Waals surface area contributed by atoms with E-state index in [-0.39, 0.29) is 0 Å². The molecule has 2 rings (SSSR count). The molecule has 0 amide bonds. The van der Waals surface area contributed by atoms with Crippen LogP contribution in [0.3, 0.4) is 0 Å². The van der Waals surface area contributed by atoms with Gasteiger partial charge >= 0.3 is 0 Å². The van der Waals surface area contributed by atoms with Crippen molar-refractivity contribution < 1.29 is 9.47 Å². The van der Waals surface area contributed by atoms with Crippen LogP contribution in [0.25, 0.3) is 0 Å². The average molecular weight is 358 g/mol. The fraction of sp³-hybridized carbons (Fsp3) is 0.0769. The predicted octanol–water partition coefficient (Wildman–Crippen LogP) is 5.01. The zero-order chi connectivity index (χ0) is 12.3. The van der Waals surface area contributed by atoms with Crippen LogP contribution in [0.1, 0.15) is 0 Å². The summed E-state index contributed by atoms with van der Waals surface area (Å²) in [6.07, 6.45) is 0. The maximum Gasteiger partial charge on any atom is 0.151 e. The molecule has 2 aromatic carbocycles. The zero-order valence-electron chi connectivity index (χ0n) is 9.11. The van der Waals surface area contributed by atoms with Crippen LogP contribution in [0.5, 0.6) is 17.2 Å². The Balaban J connectivity index is 2.34. The Morgan fingerprint density at radius 2 is 1.65 bits per heavy atom. The van der Waals surface area contributed by atoms with Crippen molar-refractivity contribution >= 4 is 31.9 Å². The van der Waals surface area contributed by atoms with Gasteiger partial charge in [0.15, 0.2) is 5.75 Å². The number of methoxy groups -OCH3 is 1. The second kappa shape index (κ2) is 5.56. The third kappa shape index (κ3) is 2.82. The molecule has 0 saturated heterocycles. The molecular formula is C13H10Br2O2. The highest BCUT2D eigenvalue weighted by molar-refractivity contribution is 9.11. The number of para-hydroxylation sites is 1. The largest absolute Gasteiger partial charge is 0.494 e. The van der Waals surface area contributed by atoms with Crippen LogP contribution in [0.2, 0.25) is 0 Å². The van der Waals surface area contributed by atoms with Crippen molar-refractivity contribution in [1.29, 1.82) is 0 Å². The fourth-order valence-corrected chi connectivity index (χ4v) is 2.74. The van der Waals surface area contributed by atoms with Gasteiger partial charge in [-0.05, 0) is 56.1 Å². The molecule has 0 saturated carbocycles. The van der Waals surface area contributed by atoms with Crippen LogP contribution >= 0.6 is 31.9 Å². The number of hydrogen-bond donors (Lipinski definition) is 0. The summed E-state index contributed by atoms with van der Waals surface area (Å²) in [5, 5.41) is 0. The number of halogens is 2. The van der Waals surface area contributed by atoms with E-state index in [2.05, 4.69) is 31.9 Å². The highest BCUT2D eigenvalue weighted by Gasteiger charge is 2.11. The van der Waals surface area contributed by atoms with E-state index >= 15 is 0 Å². The fourth-order valence-electron chi connectivity index (χ4n) is 1.40. The van der Waals surface area contributed by atoms with E-state index < -0.39 is 0 Å². The topological polar surface area (TPSA) is 18.5 Å². The minimum Gasteiger partial charge on any atom is -0.494 e. The van der Waals surface area contributed by atoms with E-state index in [1.54, 1.807) is 7.11 Å².